The molecule has 100 valence electrons. The largest absolute Gasteiger partial charge is 0.508 e. The predicted octanol–water partition coefficient (Wildman–Crippen LogP) is 2.58. The van der Waals surface area contributed by atoms with E-state index >= 15 is 0 Å². The summed E-state index contributed by atoms with van der Waals surface area (Å²) in [4.78, 5) is 12.5. The van der Waals surface area contributed by atoms with Gasteiger partial charge in [-0.1, -0.05) is 12.1 Å². The quantitative estimate of drug-likeness (QED) is 0.632. The summed E-state index contributed by atoms with van der Waals surface area (Å²) in [6.45, 7) is 0. The first-order valence-corrected chi connectivity index (χ1v) is 5.76. The van der Waals surface area contributed by atoms with Crippen molar-refractivity contribution in [2.75, 3.05) is 0 Å². The number of phenolic OH excluding ortho intramolecular Hbond substituents is 3. The molecule has 0 aliphatic heterocycles. The number of rotatable bonds is 1. The fraction of sp³-hybridized carbons (Fsp3) is 0. The van der Waals surface area contributed by atoms with E-state index in [0.717, 1.165) is 12.1 Å². The van der Waals surface area contributed by atoms with Gasteiger partial charge in [-0.15, -0.1) is 0 Å². The van der Waals surface area contributed by atoms with Crippen molar-refractivity contribution in [2.24, 2.45) is 0 Å². The lowest BCUT2D eigenvalue weighted by Crippen LogP contribution is -2.04. The van der Waals surface area contributed by atoms with Crippen LogP contribution in [0.3, 0.4) is 0 Å². The van der Waals surface area contributed by atoms with Crippen molar-refractivity contribution in [1.82, 2.24) is 0 Å². The summed E-state index contributed by atoms with van der Waals surface area (Å²) < 4.78 is 13.0. The summed E-state index contributed by atoms with van der Waals surface area (Å²) >= 11 is 0. The van der Waals surface area contributed by atoms with Gasteiger partial charge >= 0.3 is 0 Å². The van der Waals surface area contributed by atoms with Crippen LogP contribution in [0, 0.1) is 0 Å². The number of benzene rings is 2. The van der Waals surface area contributed by atoms with Gasteiger partial charge in [-0.05, 0) is 17.7 Å². The zero-order valence-corrected chi connectivity index (χ0v) is 10.1. The predicted molar refractivity (Wildman–Crippen MR) is 72.9 cm³/mol. The third-order valence-corrected chi connectivity index (χ3v) is 2.94. The van der Waals surface area contributed by atoms with Crippen molar-refractivity contribution in [2.45, 2.75) is 0 Å². The first-order chi connectivity index (χ1) is 9.97. The highest BCUT2D eigenvalue weighted by atomic mass is 16.3. The highest BCUT2D eigenvalue weighted by Crippen LogP contribution is 2.29. The molecule has 0 saturated carbocycles. The summed E-state index contributed by atoms with van der Waals surface area (Å²) in [5.74, 6) is -0.651. The molecule has 0 bridgehead atoms. The Morgan fingerprint density at radius 3 is 2.40 bits per heavy atom. The van der Waals surface area contributed by atoms with Gasteiger partial charge in [-0.2, -0.15) is 0 Å². The number of hydrogen-bond acceptors (Lipinski definition) is 5. The van der Waals surface area contributed by atoms with E-state index in [0.29, 0.717) is 5.56 Å². The minimum Gasteiger partial charge on any atom is -0.508 e. The van der Waals surface area contributed by atoms with Crippen LogP contribution < -0.4 is 5.43 Å². The number of phenols is 3. The smallest absolute Gasteiger partial charge is 0.204 e. The van der Waals surface area contributed by atoms with Crippen molar-refractivity contribution in [3.8, 4) is 28.4 Å². The van der Waals surface area contributed by atoms with E-state index < -0.39 is 11.2 Å². The highest BCUT2D eigenvalue weighted by Gasteiger charge is 2.13. The topological polar surface area (TPSA) is 90.9 Å². The molecule has 0 unspecified atom stereocenters. The second-order valence-electron chi connectivity index (χ2n) is 4.29. The van der Waals surface area contributed by atoms with Crippen molar-refractivity contribution in [1.29, 1.82) is 0 Å². The van der Waals surface area contributed by atoms with E-state index in [4.69, 9.17) is 5.79 Å². The Labute approximate surface area is 114 Å². The molecule has 2 aromatic carbocycles. The van der Waals surface area contributed by atoms with E-state index in [9.17, 15) is 20.1 Å². The van der Waals surface area contributed by atoms with Crippen LogP contribution in [0.4, 0.5) is 0 Å². The lowest BCUT2D eigenvalue weighted by Gasteiger charge is -2.05. The number of hydrogen-bond donors (Lipinski definition) is 3. The Kier molecular flexibility index (Phi) is 2.35. The highest BCUT2D eigenvalue weighted by molar-refractivity contribution is 5.87. The third kappa shape index (κ3) is 1.85. The molecule has 20 heavy (non-hydrogen) atoms. The van der Waals surface area contributed by atoms with E-state index in [-0.39, 0.29) is 34.3 Å². The molecule has 0 spiro atoms. The van der Waals surface area contributed by atoms with Crippen LogP contribution >= 0.6 is 0 Å². The molecule has 0 aliphatic rings. The monoisotopic (exact) mass is 271 g/mol. The molecule has 0 radical (unpaired) electrons. The van der Waals surface area contributed by atoms with Crippen LogP contribution in [-0.4, -0.2) is 15.3 Å². The molecular weight excluding hydrogens is 260 g/mol. The average molecular weight is 271 g/mol. The van der Waals surface area contributed by atoms with E-state index in [1.54, 1.807) is 0 Å². The van der Waals surface area contributed by atoms with Crippen LogP contribution in [0.5, 0.6) is 17.2 Å². The van der Waals surface area contributed by atoms with Crippen molar-refractivity contribution in [3.63, 3.8) is 0 Å². The van der Waals surface area contributed by atoms with Crippen LogP contribution in [0.25, 0.3) is 22.1 Å². The maximum absolute atomic E-state index is 12.5. The van der Waals surface area contributed by atoms with Gasteiger partial charge in [-0.3, -0.25) is 4.79 Å². The molecular formula is C15H10O5. The molecule has 0 amide bonds. The molecule has 0 saturated heterocycles. The van der Waals surface area contributed by atoms with Crippen molar-refractivity contribution >= 4 is 11.0 Å². The Morgan fingerprint density at radius 1 is 1.00 bits per heavy atom. The Balaban J connectivity index is 2.39. The van der Waals surface area contributed by atoms with Crippen LogP contribution in [0.15, 0.2) is 51.8 Å². The molecule has 0 fully saturated rings. The van der Waals surface area contributed by atoms with E-state index in [2.05, 4.69) is 0 Å². The summed E-state index contributed by atoms with van der Waals surface area (Å²) in [5.41, 5.74) is -0.279. The second kappa shape index (κ2) is 4.31. The number of aromatic hydroxyl groups is 3. The average Bonchev–Trinajstić information content (AvgIpc) is 2.39. The van der Waals surface area contributed by atoms with Gasteiger partial charge in [0, 0.05) is 12.1 Å². The molecule has 0 atom stereocenters. The molecule has 3 N–H and O–H groups in total. The van der Waals surface area contributed by atoms with Gasteiger partial charge in [0.2, 0.25) is 5.43 Å². The standard InChI is InChI=1S/C15H10O5/c16-9-3-1-8(2-4-9)11-7-20-13-6-10(17)5-12(18)14(13)15(11)19/h1-7,16-18H/i7D. The summed E-state index contributed by atoms with van der Waals surface area (Å²) in [6.07, 6.45) is -0.386. The van der Waals surface area contributed by atoms with Gasteiger partial charge < -0.3 is 19.7 Å². The van der Waals surface area contributed by atoms with Gasteiger partial charge in [0.15, 0.2) is 0 Å². The zero-order valence-electron chi connectivity index (χ0n) is 11.1. The fourth-order valence-electron chi connectivity index (χ4n) is 1.99. The maximum Gasteiger partial charge on any atom is 0.204 e. The summed E-state index contributed by atoms with van der Waals surface area (Å²) in [5, 5.41) is 28.4. The van der Waals surface area contributed by atoms with Gasteiger partial charge in [0.05, 0.1) is 5.56 Å². The van der Waals surface area contributed by atoms with Gasteiger partial charge in [-0.25, -0.2) is 0 Å². The minimum absolute atomic E-state index is 0.0245. The number of fused-ring (bicyclic) bond motifs is 1. The maximum atomic E-state index is 12.5. The molecule has 1 aromatic heterocycles. The lowest BCUT2D eigenvalue weighted by molar-refractivity contribution is 0.452. The zero-order chi connectivity index (χ0) is 15.1. The van der Waals surface area contributed by atoms with Crippen molar-refractivity contribution < 1.29 is 21.1 Å². The SMILES string of the molecule is [2H]c1oc2cc(O)cc(O)c2c(=O)c1-c1ccc(O)cc1. The summed E-state index contributed by atoms with van der Waals surface area (Å²) in [7, 11) is 0. The van der Waals surface area contributed by atoms with E-state index in [1.165, 1.54) is 24.3 Å². The third-order valence-electron chi connectivity index (χ3n) is 2.94. The first kappa shape index (κ1) is 10.9. The Morgan fingerprint density at radius 2 is 1.70 bits per heavy atom. The Hall–Kier alpha value is -2.95. The molecule has 1 heterocycles. The Bertz CT molecular complexity index is 897. The molecule has 5 nitrogen and oxygen atoms in total. The van der Waals surface area contributed by atoms with Crippen LogP contribution in [-0.2, 0) is 0 Å². The lowest BCUT2D eigenvalue weighted by atomic mass is 10.0. The fourth-order valence-corrected chi connectivity index (χ4v) is 1.99. The van der Waals surface area contributed by atoms with Crippen LogP contribution in [0.1, 0.15) is 1.37 Å². The molecule has 0 aliphatic carbocycles. The summed E-state index contributed by atoms with van der Waals surface area (Å²) in [6, 6.07) is 7.91. The minimum atomic E-state index is -0.579. The normalized spacial score (nSPS) is 11.5. The van der Waals surface area contributed by atoms with Gasteiger partial charge in [0.25, 0.3) is 0 Å². The molecule has 3 rings (SSSR count). The van der Waals surface area contributed by atoms with Crippen molar-refractivity contribution in [3.05, 3.63) is 52.9 Å². The molecule has 3 aromatic rings. The molecule has 5 heteroatoms. The van der Waals surface area contributed by atoms with E-state index in [1.807, 2.05) is 0 Å². The van der Waals surface area contributed by atoms with Gasteiger partial charge in [0.1, 0.15) is 35.8 Å². The van der Waals surface area contributed by atoms with Crippen LogP contribution in [0.2, 0.25) is 0 Å². The first-order valence-electron chi connectivity index (χ1n) is 6.26. The second-order valence-corrected chi connectivity index (χ2v) is 4.29.